The van der Waals surface area contributed by atoms with Crippen LogP contribution in [0, 0.1) is 0 Å². The van der Waals surface area contributed by atoms with Crippen molar-refractivity contribution in [3.63, 3.8) is 0 Å². The van der Waals surface area contributed by atoms with Crippen LogP contribution in [0.25, 0.3) is 10.9 Å². The fourth-order valence-corrected chi connectivity index (χ4v) is 3.69. The molecule has 3 heterocycles. The van der Waals surface area contributed by atoms with Gasteiger partial charge in [0.2, 0.25) is 12.2 Å². The third-order valence-electron chi connectivity index (χ3n) is 5.24. The molecule has 4 aromatic rings. The molecule has 0 radical (unpaired) electrons. The number of aliphatic hydroxyl groups is 1. The van der Waals surface area contributed by atoms with Gasteiger partial charge < -0.3 is 25.0 Å². The first-order valence-corrected chi connectivity index (χ1v) is 9.82. The van der Waals surface area contributed by atoms with Gasteiger partial charge in [0.25, 0.3) is 0 Å². The summed E-state index contributed by atoms with van der Waals surface area (Å²) in [7, 11) is 0. The molecule has 2 aromatic heterocycles. The molecule has 0 saturated heterocycles. The molecule has 0 bridgehead atoms. The highest BCUT2D eigenvalue weighted by Crippen LogP contribution is 2.32. The first-order valence-electron chi connectivity index (χ1n) is 9.82. The van der Waals surface area contributed by atoms with Crippen LogP contribution in [0.5, 0.6) is 11.6 Å². The van der Waals surface area contributed by atoms with Gasteiger partial charge >= 0.3 is 6.18 Å². The van der Waals surface area contributed by atoms with E-state index >= 15 is 0 Å². The van der Waals surface area contributed by atoms with Crippen LogP contribution in [0.2, 0.25) is 0 Å². The van der Waals surface area contributed by atoms with Crippen LogP contribution in [-0.4, -0.2) is 19.6 Å². The van der Waals surface area contributed by atoms with Gasteiger partial charge in [-0.2, -0.15) is 13.2 Å². The second-order valence-corrected chi connectivity index (χ2v) is 7.35. The van der Waals surface area contributed by atoms with Crippen molar-refractivity contribution in [1.82, 2.24) is 19.9 Å². The average molecular weight is 441 g/mol. The van der Waals surface area contributed by atoms with E-state index in [-0.39, 0.29) is 5.69 Å². The number of ether oxygens (including phenoxy) is 1. The molecule has 1 atom stereocenters. The molecule has 5 rings (SSSR count). The fourth-order valence-electron chi connectivity index (χ4n) is 3.69. The molecule has 0 fully saturated rings. The van der Waals surface area contributed by atoms with Crippen molar-refractivity contribution in [2.24, 2.45) is 0 Å². The maximum atomic E-state index is 12.9. The highest BCUT2D eigenvalue weighted by atomic mass is 19.4. The number of nitrogens with zero attached hydrogens (tertiary/aromatic N) is 3. The Kier molecular flexibility index (Phi) is 4.95. The normalized spacial score (nSPS) is 14.4. The number of aromatic nitrogens is 3. The molecule has 0 saturated carbocycles. The second kappa shape index (κ2) is 7.81. The molecule has 0 amide bonds. The van der Waals surface area contributed by atoms with Gasteiger partial charge in [-0.25, -0.2) is 9.97 Å². The monoisotopic (exact) mass is 441 g/mol. The van der Waals surface area contributed by atoms with E-state index in [1.165, 1.54) is 23.0 Å². The van der Waals surface area contributed by atoms with E-state index in [9.17, 15) is 18.3 Å². The zero-order valence-corrected chi connectivity index (χ0v) is 16.6. The lowest BCUT2D eigenvalue weighted by Gasteiger charge is -2.18. The molecule has 32 heavy (non-hydrogen) atoms. The van der Waals surface area contributed by atoms with Crippen molar-refractivity contribution in [3.8, 4) is 11.6 Å². The van der Waals surface area contributed by atoms with Gasteiger partial charge in [-0.3, -0.25) is 0 Å². The Labute approximate surface area is 180 Å². The molecule has 7 nitrogen and oxygen atoms in total. The van der Waals surface area contributed by atoms with E-state index in [0.29, 0.717) is 30.2 Å². The Balaban J connectivity index is 1.37. The average Bonchev–Trinajstić information content (AvgIpc) is 3.40. The van der Waals surface area contributed by atoms with Crippen molar-refractivity contribution >= 4 is 16.6 Å². The van der Waals surface area contributed by atoms with E-state index in [0.717, 1.165) is 28.8 Å². The second-order valence-electron chi connectivity index (χ2n) is 7.35. The molecule has 0 spiro atoms. The zero-order chi connectivity index (χ0) is 22.3. The number of rotatable bonds is 5. The Morgan fingerprint density at radius 1 is 1.09 bits per heavy atom. The minimum absolute atomic E-state index is 0.153. The van der Waals surface area contributed by atoms with Gasteiger partial charge in [-0.05, 0) is 42.5 Å². The molecule has 10 heteroatoms. The number of hydrogen-bond acceptors (Lipinski definition) is 6. The Bertz CT molecular complexity index is 1290. The molecule has 1 aliphatic heterocycles. The fraction of sp³-hybridized carbons (Fsp3) is 0.182. The lowest BCUT2D eigenvalue weighted by Crippen LogP contribution is -2.17. The summed E-state index contributed by atoms with van der Waals surface area (Å²) in [6.45, 7) is 1.31. The van der Waals surface area contributed by atoms with E-state index in [1.807, 2.05) is 0 Å². The molecule has 3 N–H and O–H groups in total. The predicted octanol–water partition coefficient (Wildman–Crippen LogP) is 4.41. The summed E-state index contributed by atoms with van der Waals surface area (Å²) in [5.41, 5.74) is 1.87. The van der Waals surface area contributed by atoms with Gasteiger partial charge in [0.15, 0.2) is 0 Å². The van der Waals surface area contributed by atoms with Crippen molar-refractivity contribution < 1.29 is 23.0 Å². The summed E-state index contributed by atoms with van der Waals surface area (Å²) in [5, 5.41) is 17.3. The molecule has 1 aliphatic rings. The number of hydrogen-bond donors (Lipinski definition) is 3. The van der Waals surface area contributed by atoms with Crippen LogP contribution in [0.15, 0.2) is 61.1 Å². The Morgan fingerprint density at radius 2 is 1.97 bits per heavy atom. The van der Waals surface area contributed by atoms with Gasteiger partial charge in [0, 0.05) is 30.4 Å². The highest BCUT2D eigenvalue weighted by Gasteiger charge is 2.30. The largest absolute Gasteiger partial charge is 0.439 e. The van der Waals surface area contributed by atoms with Crippen molar-refractivity contribution in [1.29, 1.82) is 0 Å². The van der Waals surface area contributed by atoms with Gasteiger partial charge in [-0.15, -0.1) is 0 Å². The minimum atomic E-state index is -4.46. The molecule has 164 valence electrons. The van der Waals surface area contributed by atoms with Crippen molar-refractivity contribution in [2.45, 2.75) is 25.6 Å². The van der Waals surface area contributed by atoms with E-state index < -0.39 is 18.1 Å². The number of anilines is 1. The minimum Gasteiger partial charge on any atom is -0.439 e. The first-order chi connectivity index (χ1) is 15.4. The predicted molar refractivity (Wildman–Crippen MR) is 111 cm³/mol. The van der Waals surface area contributed by atoms with E-state index in [1.54, 1.807) is 30.5 Å². The highest BCUT2D eigenvalue weighted by molar-refractivity contribution is 5.82. The molecule has 0 aliphatic carbocycles. The number of halogens is 3. The molecule has 1 unspecified atom stereocenters. The van der Waals surface area contributed by atoms with Crippen LogP contribution < -0.4 is 15.4 Å². The Hall–Kier alpha value is -3.63. The van der Waals surface area contributed by atoms with Gasteiger partial charge in [0.1, 0.15) is 12.1 Å². The van der Waals surface area contributed by atoms with Crippen molar-refractivity contribution in [3.05, 3.63) is 77.9 Å². The van der Waals surface area contributed by atoms with E-state index in [4.69, 9.17) is 4.74 Å². The maximum absolute atomic E-state index is 12.9. The summed E-state index contributed by atoms with van der Waals surface area (Å²) < 4.78 is 46.3. The number of benzene rings is 2. The molecular formula is C22H18F3N5O2. The van der Waals surface area contributed by atoms with Crippen LogP contribution >= 0.6 is 0 Å². The number of alkyl halides is 3. The molecule has 2 aromatic carbocycles. The third-order valence-corrected chi connectivity index (χ3v) is 5.24. The van der Waals surface area contributed by atoms with Crippen LogP contribution in [0.3, 0.4) is 0 Å². The zero-order valence-electron chi connectivity index (χ0n) is 16.6. The van der Waals surface area contributed by atoms with Crippen LogP contribution in [0.4, 0.5) is 18.9 Å². The van der Waals surface area contributed by atoms with Gasteiger partial charge in [0.05, 0.1) is 22.3 Å². The van der Waals surface area contributed by atoms with Gasteiger partial charge in [-0.1, -0.05) is 6.07 Å². The lowest BCUT2D eigenvalue weighted by molar-refractivity contribution is -0.137. The lowest BCUT2D eigenvalue weighted by atomic mass is 10.2. The Morgan fingerprint density at radius 3 is 2.81 bits per heavy atom. The standard InChI is InChI=1S/C22H18F3N5O2/c23-22(24,25)14-2-1-3-15(9-14)29-21(31)30-7-6-13-8-16(4-5-19(13)30)32-20-17-10-26-11-18(17)27-12-28-20/h1-9,12,21,26,29,31H,10-11H2. The smallest absolute Gasteiger partial charge is 0.416 e. The SMILES string of the molecule is OC(Nc1cccc(C(F)(F)F)c1)n1ccc2cc(Oc3ncnc4c3CNC4)ccc21. The summed E-state index contributed by atoms with van der Waals surface area (Å²) in [6, 6.07) is 11.8. The van der Waals surface area contributed by atoms with Crippen molar-refractivity contribution in [2.75, 3.05) is 5.32 Å². The van der Waals surface area contributed by atoms with Crippen LogP contribution in [-0.2, 0) is 19.3 Å². The number of fused-ring (bicyclic) bond motifs is 2. The maximum Gasteiger partial charge on any atom is 0.416 e. The number of nitrogens with one attached hydrogen (secondary N) is 2. The topological polar surface area (TPSA) is 84.2 Å². The summed E-state index contributed by atoms with van der Waals surface area (Å²) in [6.07, 6.45) is -2.61. The first kappa shape index (κ1) is 20.3. The summed E-state index contributed by atoms with van der Waals surface area (Å²) in [4.78, 5) is 8.45. The molecular weight excluding hydrogens is 423 g/mol. The summed E-state index contributed by atoms with van der Waals surface area (Å²) in [5.74, 6) is 1.06. The van der Waals surface area contributed by atoms with Crippen LogP contribution in [0.1, 0.15) is 23.2 Å². The number of aliphatic hydroxyl groups excluding tert-OH is 1. The summed E-state index contributed by atoms with van der Waals surface area (Å²) >= 11 is 0. The quantitative estimate of drug-likeness (QED) is 0.398. The third kappa shape index (κ3) is 3.85. The van der Waals surface area contributed by atoms with E-state index in [2.05, 4.69) is 20.6 Å².